The van der Waals surface area contributed by atoms with Crippen LogP contribution in [0.2, 0.25) is 0 Å². The number of carbonyl (C=O) groups excluding carboxylic acids is 1. The molecule has 0 spiro atoms. The minimum absolute atomic E-state index is 0.0304. The fraction of sp³-hybridized carbons (Fsp3) is 0.833. The molecule has 3 N–H and O–H groups in total. The molecular formula is C12H20N2O6. The Morgan fingerprint density at radius 3 is 2.75 bits per heavy atom. The normalized spacial score (nSPS) is 34.0. The van der Waals surface area contributed by atoms with E-state index >= 15 is 0 Å². The van der Waals surface area contributed by atoms with Crippen LogP contribution in [-0.4, -0.2) is 77.8 Å². The van der Waals surface area contributed by atoms with Crippen molar-refractivity contribution in [1.29, 1.82) is 0 Å². The minimum atomic E-state index is -1.35. The number of aliphatic hydroxyl groups is 1. The molecule has 2 aliphatic rings. The van der Waals surface area contributed by atoms with Gasteiger partial charge in [0, 0.05) is 19.6 Å². The summed E-state index contributed by atoms with van der Waals surface area (Å²) in [7, 11) is 0. The number of aliphatic hydroxyl groups excluding tert-OH is 1. The number of nitrogens with zero attached hydrogens (tertiary/aromatic N) is 1. The molecular weight excluding hydrogens is 268 g/mol. The maximum atomic E-state index is 12.2. The number of hydrogen-bond acceptors (Lipinski definition) is 5. The molecule has 0 radical (unpaired) electrons. The lowest BCUT2D eigenvalue weighted by Gasteiger charge is -2.37. The standard InChI is InChI=1S/C12H20N2O6/c1-8-4-14(5-9(6-15)20-8)11(18)13-12(10(16)17)2-3-19-7-12/h8-9,15H,2-7H2,1H3,(H,13,18)(H,16,17). The van der Waals surface area contributed by atoms with Crippen LogP contribution in [0.5, 0.6) is 0 Å². The number of ether oxygens (including phenoxy) is 2. The van der Waals surface area contributed by atoms with Gasteiger partial charge in [0.25, 0.3) is 0 Å². The Hall–Kier alpha value is -1.38. The third-order valence-electron chi connectivity index (χ3n) is 3.59. The molecule has 8 heteroatoms. The van der Waals surface area contributed by atoms with Crippen molar-refractivity contribution in [3.05, 3.63) is 0 Å². The number of urea groups is 1. The number of aliphatic carboxylic acids is 1. The van der Waals surface area contributed by atoms with E-state index in [4.69, 9.17) is 14.6 Å². The summed E-state index contributed by atoms with van der Waals surface area (Å²) in [4.78, 5) is 25.0. The van der Waals surface area contributed by atoms with Crippen LogP contribution in [0.15, 0.2) is 0 Å². The van der Waals surface area contributed by atoms with Gasteiger partial charge in [0.2, 0.25) is 0 Å². The number of amides is 2. The van der Waals surface area contributed by atoms with Crippen LogP contribution in [0.25, 0.3) is 0 Å². The highest BCUT2D eigenvalue weighted by atomic mass is 16.5. The van der Waals surface area contributed by atoms with E-state index in [1.165, 1.54) is 4.90 Å². The molecule has 0 bridgehead atoms. The van der Waals surface area contributed by atoms with Gasteiger partial charge in [0.1, 0.15) is 0 Å². The number of nitrogens with one attached hydrogen (secondary N) is 1. The molecule has 2 aliphatic heterocycles. The molecule has 0 aromatic heterocycles. The van der Waals surface area contributed by atoms with Crippen molar-refractivity contribution < 1.29 is 29.3 Å². The fourth-order valence-electron chi connectivity index (χ4n) is 2.48. The highest BCUT2D eigenvalue weighted by molar-refractivity contribution is 5.86. The summed E-state index contributed by atoms with van der Waals surface area (Å²) in [6.45, 7) is 2.50. The monoisotopic (exact) mass is 288 g/mol. The lowest BCUT2D eigenvalue weighted by Crippen LogP contribution is -2.61. The van der Waals surface area contributed by atoms with Gasteiger partial charge in [-0.1, -0.05) is 0 Å². The van der Waals surface area contributed by atoms with Crippen molar-refractivity contribution >= 4 is 12.0 Å². The largest absolute Gasteiger partial charge is 0.479 e. The number of carboxylic acid groups (broad SMARTS) is 1. The highest BCUT2D eigenvalue weighted by Crippen LogP contribution is 2.20. The van der Waals surface area contributed by atoms with Crippen molar-refractivity contribution in [3.63, 3.8) is 0 Å². The molecule has 2 heterocycles. The predicted molar refractivity (Wildman–Crippen MR) is 67.3 cm³/mol. The Morgan fingerprint density at radius 1 is 1.45 bits per heavy atom. The third-order valence-corrected chi connectivity index (χ3v) is 3.59. The average Bonchev–Trinajstić information content (AvgIpc) is 2.87. The number of carboxylic acids is 1. The first-order valence-electron chi connectivity index (χ1n) is 6.61. The van der Waals surface area contributed by atoms with Gasteiger partial charge < -0.3 is 29.9 Å². The molecule has 3 unspecified atom stereocenters. The highest BCUT2D eigenvalue weighted by Gasteiger charge is 2.45. The molecule has 3 atom stereocenters. The first kappa shape index (κ1) is 15.0. The Morgan fingerprint density at radius 2 is 2.20 bits per heavy atom. The van der Waals surface area contributed by atoms with Gasteiger partial charge in [0.15, 0.2) is 5.54 Å². The zero-order chi connectivity index (χ0) is 14.8. The van der Waals surface area contributed by atoms with Crippen LogP contribution in [-0.2, 0) is 14.3 Å². The van der Waals surface area contributed by atoms with Crippen molar-refractivity contribution in [2.75, 3.05) is 32.9 Å². The first-order chi connectivity index (χ1) is 9.47. The molecule has 20 heavy (non-hydrogen) atoms. The van der Waals surface area contributed by atoms with E-state index < -0.39 is 23.6 Å². The average molecular weight is 288 g/mol. The van der Waals surface area contributed by atoms with E-state index in [1.807, 2.05) is 0 Å². The second kappa shape index (κ2) is 5.94. The van der Waals surface area contributed by atoms with Gasteiger partial charge in [-0.3, -0.25) is 0 Å². The molecule has 8 nitrogen and oxygen atoms in total. The smallest absolute Gasteiger partial charge is 0.332 e. The fourth-order valence-corrected chi connectivity index (χ4v) is 2.48. The van der Waals surface area contributed by atoms with Crippen molar-refractivity contribution in [2.45, 2.75) is 31.1 Å². The molecule has 0 aromatic carbocycles. The summed E-state index contributed by atoms with van der Waals surface area (Å²) in [6, 6.07) is -0.466. The second-order valence-corrected chi connectivity index (χ2v) is 5.28. The van der Waals surface area contributed by atoms with E-state index in [2.05, 4.69) is 5.32 Å². The van der Waals surface area contributed by atoms with Crippen LogP contribution >= 0.6 is 0 Å². The third kappa shape index (κ3) is 3.02. The number of carbonyl (C=O) groups is 2. The summed E-state index contributed by atoms with van der Waals surface area (Å²) < 4.78 is 10.5. The zero-order valence-corrected chi connectivity index (χ0v) is 11.4. The van der Waals surface area contributed by atoms with Gasteiger partial charge >= 0.3 is 12.0 Å². The number of morpholine rings is 1. The van der Waals surface area contributed by atoms with Crippen molar-refractivity contribution in [3.8, 4) is 0 Å². The Kier molecular flexibility index (Phi) is 4.46. The van der Waals surface area contributed by atoms with Gasteiger partial charge in [-0.25, -0.2) is 9.59 Å². The van der Waals surface area contributed by atoms with E-state index in [-0.39, 0.29) is 32.3 Å². The van der Waals surface area contributed by atoms with Crippen LogP contribution in [0, 0.1) is 0 Å². The SMILES string of the molecule is CC1CN(C(=O)NC2(C(=O)O)CCOC2)CC(CO)O1. The summed E-state index contributed by atoms with van der Waals surface area (Å²) in [5, 5.41) is 21.0. The summed E-state index contributed by atoms with van der Waals surface area (Å²) in [5.41, 5.74) is -1.35. The molecule has 2 saturated heterocycles. The van der Waals surface area contributed by atoms with Crippen molar-refractivity contribution in [2.24, 2.45) is 0 Å². The van der Waals surface area contributed by atoms with Gasteiger partial charge in [-0.2, -0.15) is 0 Å². The van der Waals surface area contributed by atoms with Gasteiger partial charge in [-0.05, 0) is 6.92 Å². The van der Waals surface area contributed by atoms with Crippen LogP contribution in [0.4, 0.5) is 4.79 Å². The summed E-state index contributed by atoms with van der Waals surface area (Å²) >= 11 is 0. The van der Waals surface area contributed by atoms with Gasteiger partial charge in [-0.15, -0.1) is 0 Å². The molecule has 0 aromatic rings. The van der Waals surface area contributed by atoms with E-state index in [0.29, 0.717) is 13.2 Å². The number of hydrogen-bond donors (Lipinski definition) is 3. The topological polar surface area (TPSA) is 108 Å². The lowest BCUT2D eigenvalue weighted by atomic mass is 9.99. The number of rotatable bonds is 3. The molecule has 2 amide bonds. The Balaban J connectivity index is 2.01. The maximum Gasteiger partial charge on any atom is 0.332 e. The summed E-state index contributed by atoms with van der Waals surface area (Å²) in [5.74, 6) is -1.09. The van der Waals surface area contributed by atoms with Crippen LogP contribution in [0.1, 0.15) is 13.3 Å². The molecule has 2 fully saturated rings. The molecule has 0 aliphatic carbocycles. The van der Waals surface area contributed by atoms with E-state index in [9.17, 15) is 14.7 Å². The quantitative estimate of drug-likeness (QED) is 0.616. The Bertz CT molecular complexity index is 382. The zero-order valence-electron chi connectivity index (χ0n) is 11.4. The maximum absolute atomic E-state index is 12.2. The van der Waals surface area contributed by atoms with Crippen LogP contribution in [0.3, 0.4) is 0 Å². The lowest BCUT2D eigenvalue weighted by molar-refractivity contribution is -0.144. The molecule has 114 valence electrons. The Labute approximate surface area is 116 Å². The van der Waals surface area contributed by atoms with Gasteiger partial charge in [0.05, 0.1) is 32.0 Å². The van der Waals surface area contributed by atoms with E-state index in [0.717, 1.165) is 0 Å². The molecule has 2 rings (SSSR count). The summed E-state index contributed by atoms with van der Waals surface area (Å²) in [6.07, 6.45) is -0.394. The first-order valence-corrected chi connectivity index (χ1v) is 6.61. The molecule has 0 saturated carbocycles. The van der Waals surface area contributed by atoms with Crippen molar-refractivity contribution in [1.82, 2.24) is 10.2 Å². The second-order valence-electron chi connectivity index (χ2n) is 5.28. The van der Waals surface area contributed by atoms with Crippen LogP contribution < -0.4 is 5.32 Å². The predicted octanol–water partition coefficient (Wildman–Crippen LogP) is -0.979. The van der Waals surface area contributed by atoms with E-state index in [1.54, 1.807) is 6.92 Å². The minimum Gasteiger partial charge on any atom is -0.479 e.